The van der Waals surface area contributed by atoms with Crippen LogP contribution < -0.4 is 0 Å². The van der Waals surface area contributed by atoms with Gasteiger partial charge in [0.25, 0.3) is 0 Å². The number of cyclic esters (lactones) is 1. The molecule has 7 heteroatoms. The minimum Gasteiger partial charge on any atom is -0.508 e. The zero-order valence-corrected chi connectivity index (χ0v) is 13.8. The fourth-order valence-corrected chi connectivity index (χ4v) is 2.80. The lowest BCUT2D eigenvalue weighted by molar-refractivity contribution is 0.0223. The maximum atomic E-state index is 12.1. The van der Waals surface area contributed by atoms with Crippen LogP contribution in [-0.2, 0) is 20.6 Å². The van der Waals surface area contributed by atoms with Crippen molar-refractivity contribution in [1.29, 1.82) is 0 Å². The number of aromatic hydroxyl groups is 2. The van der Waals surface area contributed by atoms with Crippen LogP contribution in [0.5, 0.6) is 11.5 Å². The number of hydrogen-bond acceptors (Lipinski definition) is 7. The summed E-state index contributed by atoms with van der Waals surface area (Å²) in [6.07, 6.45) is 2.48. The Morgan fingerprint density at radius 1 is 1.29 bits per heavy atom. The average Bonchev–Trinajstić information content (AvgIpc) is 2.55. The number of ether oxygens (including phenoxy) is 3. The molecular weight excluding hydrogens is 316 g/mol. The van der Waals surface area contributed by atoms with E-state index in [1.165, 1.54) is 7.11 Å². The smallest absolute Gasteiger partial charge is 0.507 e. The highest BCUT2D eigenvalue weighted by molar-refractivity contribution is 5.96. The van der Waals surface area contributed by atoms with Gasteiger partial charge in [0.15, 0.2) is 0 Å². The molecule has 0 amide bonds. The van der Waals surface area contributed by atoms with E-state index < -0.39 is 12.1 Å². The molecule has 0 aromatic heterocycles. The summed E-state index contributed by atoms with van der Waals surface area (Å²) in [5.41, 5.74) is 1.38. The summed E-state index contributed by atoms with van der Waals surface area (Å²) in [5.74, 6) is -0.841. The van der Waals surface area contributed by atoms with Crippen LogP contribution in [0, 0.1) is 6.92 Å². The van der Waals surface area contributed by atoms with Crippen molar-refractivity contribution in [3.05, 3.63) is 22.8 Å². The van der Waals surface area contributed by atoms with Gasteiger partial charge in [-0.25, -0.2) is 9.59 Å². The molecule has 0 fully saturated rings. The van der Waals surface area contributed by atoms with Crippen molar-refractivity contribution in [3.63, 3.8) is 0 Å². The molecule has 1 aromatic rings. The van der Waals surface area contributed by atoms with Gasteiger partial charge in [-0.05, 0) is 43.7 Å². The van der Waals surface area contributed by atoms with Crippen LogP contribution in [0.25, 0.3) is 0 Å². The Kier molecular flexibility index (Phi) is 5.89. The molecule has 0 bridgehead atoms. The van der Waals surface area contributed by atoms with Crippen LogP contribution in [0.3, 0.4) is 0 Å². The fourth-order valence-electron chi connectivity index (χ4n) is 2.80. The van der Waals surface area contributed by atoms with E-state index in [0.717, 1.165) is 18.9 Å². The predicted octanol–water partition coefficient (Wildman–Crippen LogP) is 2.83. The molecule has 1 aromatic carbocycles. The molecule has 1 atom stereocenters. The SMILES string of the molecule is COC(=O)OCCCCC[C@@H]1Cc2c(C)c(O)cc(O)c2C(=O)O1. The van der Waals surface area contributed by atoms with E-state index in [2.05, 4.69) is 4.74 Å². The van der Waals surface area contributed by atoms with Crippen LogP contribution >= 0.6 is 0 Å². The normalized spacial score (nSPS) is 16.2. The molecule has 0 spiro atoms. The van der Waals surface area contributed by atoms with Crippen molar-refractivity contribution >= 4 is 12.1 Å². The number of rotatable bonds is 6. The van der Waals surface area contributed by atoms with Gasteiger partial charge in [0.05, 0.1) is 13.7 Å². The average molecular weight is 338 g/mol. The molecule has 24 heavy (non-hydrogen) atoms. The molecule has 0 saturated carbocycles. The van der Waals surface area contributed by atoms with Crippen LogP contribution in [0.15, 0.2) is 6.07 Å². The number of unbranched alkanes of at least 4 members (excludes halogenated alkanes) is 2. The number of benzene rings is 1. The summed E-state index contributed by atoms with van der Waals surface area (Å²) in [6, 6.07) is 1.16. The third-order valence-electron chi connectivity index (χ3n) is 4.13. The van der Waals surface area contributed by atoms with Crippen LogP contribution in [0.4, 0.5) is 4.79 Å². The topological polar surface area (TPSA) is 102 Å². The van der Waals surface area contributed by atoms with E-state index in [1.54, 1.807) is 6.92 Å². The summed E-state index contributed by atoms with van der Waals surface area (Å²) in [7, 11) is 1.26. The lowest BCUT2D eigenvalue weighted by Crippen LogP contribution is -2.28. The van der Waals surface area contributed by atoms with Crippen molar-refractivity contribution < 1.29 is 34.0 Å². The first kappa shape index (κ1) is 17.9. The first-order valence-corrected chi connectivity index (χ1v) is 7.90. The Morgan fingerprint density at radius 3 is 2.75 bits per heavy atom. The maximum absolute atomic E-state index is 12.1. The molecule has 0 aliphatic carbocycles. The van der Waals surface area contributed by atoms with Gasteiger partial charge in [-0.15, -0.1) is 0 Å². The molecule has 7 nitrogen and oxygen atoms in total. The number of esters is 1. The Hall–Kier alpha value is -2.44. The van der Waals surface area contributed by atoms with E-state index in [-0.39, 0.29) is 23.2 Å². The van der Waals surface area contributed by atoms with Gasteiger partial charge in [0.1, 0.15) is 23.2 Å². The van der Waals surface area contributed by atoms with E-state index in [1.807, 2.05) is 0 Å². The molecule has 1 heterocycles. The summed E-state index contributed by atoms with van der Waals surface area (Å²) in [4.78, 5) is 22.9. The number of methoxy groups -OCH3 is 1. The van der Waals surface area contributed by atoms with E-state index >= 15 is 0 Å². The molecular formula is C17H22O7. The van der Waals surface area contributed by atoms with Crippen molar-refractivity contribution in [2.75, 3.05) is 13.7 Å². The van der Waals surface area contributed by atoms with Gasteiger partial charge in [-0.3, -0.25) is 0 Å². The third-order valence-corrected chi connectivity index (χ3v) is 4.13. The molecule has 2 N–H and O–H groups in total. The van der Waals surface area contributed by atoms with Gasteiger partial charge in [0, 0.05) is 12.5 Å². The van der Waals surface area contributed by atoms with E-state index in [9.17, 15) is 19.8 Å². The van der Waals surface area contributed by atoms with Crippen LogP contribution in [-0.4, -0.2) is 42.2 Å². The number of fused-ring (bicyclic) bond motifs is 1. The summed E-state index contributed by atoms with van der Waals surface area (Å²) < 4.78 is 14.5. The van der Waals surface area contributed by atoms with Crippen LogP contribution in [0.2, 0.25) is 0 Å². The Balaban J connectivity index is 1.85. The highest BCUT2D eigenvalue weighted by atomic mass is 16.7. The molecule has 132 valence electrons. The van der Waals surface area contributed by atoms with Crippen molar-refractivity contribution in [2.45, 2.75) is 45.1 Å². The molecule has 0 radical (unpaired) electrons. The second-order valence-electron chi connectivity index (χ2n) is 5.78. The zero-order chi connectivity index (χ0) is 17.7. The summed E-state index contributed by atoms with van der Waals surface area (Å²) in [6.45, 7) is 2.01. The number of hydrogen-bond donors (Lipinski definition) is 2. The van der Waals surface area contributed by atoms with Gasteiger partial charge in [-0.1, -0.05) is 0 Å². The maximum Gasteiger partial charge on any atom is 0.507 e. The monoisotopic (exact) mass is 338 g/mol. The van der Waals surface area contributed by atoms with Crippen molar-refractivity contribution in [3.8, 4) is 11.5 Å². The highest BCUT2D eigenvalue weighted by Gasteiger charge is 2.31. The Bertz CT molecular complexity index is 624. The lowest BCUT2D eigenvalue weighted by Gasteiger charge is -2.26. The lowest BCUT2D eigenvalue weighted by atomic mass is 9.91. The standard InChI is InChI=1S/C17H22O7/c1-10-12-8-11(6-4-3-5-7-23-17(21)22-2)24-16(20)15(12)14(19)9-13(10)18/h9,11,18-19H,3-8H2,1-2H3/t11-/m1/s1. The van der Waals surface area contributed by atoms with Gasteiger partial charge >= 0.3 is 12.1 Å². The second-order valence-corrected chi connectivity index (χ2v) is 5.78. The van der Waals surface area contributed by atoms with E-state index in [4.69, 9.17) is 9.47 Å². The number of phenols is 2. The minimum absolute atomic E-state index is 0.0281. The largest absolute Gasteiger partial charge is 0.508 e. The predicted molar refractivity (Wildman–Crippen MR) is 84.2 cm³/mol. The molecule has 1 aliphatic heterocycles. The quantitative estimate of drug-likeness (QED) is 0.607. The zero-order valence-electron chi connectivity index (χ0n) is 13.8. The minimum atomic E-state index is -0.692. The fraction of sp³-hybridized carbons (Fsp3) is 0.529. The molecule has 2 rings (SSSR count). The van der Waals surface area contributed by atoms with Gasteiger partial charge in [-0.2, -0.15) is 0 Å². The third kappa shape index (κ3) is 4.10. The summed E-state index contributed by atoms with van der Waals surface area (Å²) in [5, 5.41) is 19.6. The van der Waals surface area contributed by atoms with Crippen LogP contribution in [0.1, 0.15) is 47.2 Å². The molecule has 1 aliphatic rings. The van der Waals surface area contributed by atoms with Crippen molar-refractivity contribution in [1.82, 2.24) is 0 Å². The Labute approximate surface area is 140 Å². The van der Waals surface area contributed by atoms with Gasteiger partial charge < -0.3 is 24.4 Å². The number of carbonyl (C=O) groups excluding carboxylic acids is 2. The number of phenolic OH excluding ortho intramolecular Hbond substituents is 2. The second kappa shape index (κ2) is 7.90. The molecule has 0 unspecified atom stereocenters. The van der Waals surface area contributed by atoms with Gasteiger partial charge in [0.2, 0.25) is 0 Å². The summed E-state index contributed by atoms with van der Waals surface area (Å²) >= 11 is 0. The van der Waals surface area contributed by atoms with Crippen molar-refractivity contribution in [2.24, 2.45) is 0 Å². The first-order chi connectivity index (χ1) is 11.4. The first-order valence-electron chi connectivity index (χ1n) is 7.90. The van der Waals surface area contributed by atoms with E-state index in [0.29, 0.717) is 37.0 Å². The molecule has 0 saturated heterocycles. The highest BCUT2D eigenvalue weighted by Crippen LogP contribution is 2.36. The number of carbonyl (C=O) groups is 2. The Morgan fingerprint density at radius 2 is 2.04 bits per heavy atom.